The van der Waals surface area contributed by atoms with E-state index in [4.69, 9.17) is 0 Å². The predicted molar refractivity (Wildman–Crippen MR) is 139 cm³/mol. The lowest BCUT2D eigenvalue weighted by Crippen LogP contribution is -2.26. The van der Waals surface area contributed by atoms with Gasteiger partial charge in [-0.05, 0) is 105 Å². The Morgan fingerprint density at radius 2 is 1.21 bits per heavy atom. The van der Waals surface area contributed by atoms with E-state index in [0.717, 1.165) is 37.6 Å². The van der Waals surface area contributed by atoms with Gasteiger partial charge in [0.2, 0.25) is 0 Å². The summed E-state index contributed by atoms with van der Waals surface area (Å²) in [6.45, 7) is 4.49. The minimum atomic E-state index is 0.651. The second-order valence-electron chi connectivity index (χ2n) is 10.0. The lowest BCUT2D eigenvalue weighted by molar-refractivity contribution is 0.462. The van der Waals surface area contributed by atoms with Crippen LogP contribution in [0.15, 0.2) is 48.8 Å². The molecule has 0 spiro atoms. The molecule has 33 heavy (non-hydrogen) atoms. The highest BCUT2D eigenvalue weighted by Crippen LogP contribution is 2.36. The fourth-order valence-corrected chi connectivity index (χ4v) is 6.08. The molecular formula is C28H35N5. The van der Waals surface area contributed by atoms with Gasteiger partial charge in [0.05, 0.1) is 5.52 Å². The molecule has 0 atom stereocenters. The van der Waals surface area contributed by atoms with Crippen molar-refractivity contribution in [3.63, 3.8) is 0 Å². The Morgan fingerprint density at radius 1 is 0.667 bits per heavy atom. The van der Waals surface area contributed by atoms with E-state index in [1.807, 2.05) is 0 Å². The molecule has 172 valence electrons. The summed E-state index contributed by atoms with van der Waals surface area (Å²) in [6.07, 6.45) is 9.61. The third-order valence-electron chi connectivity index (χ3n) is 7.89. The van der Waals surface area contributed by atoms with Crippen molar-refractivity contribution < 1.29 is 0 Å². The molecule has 0 saturated carbocycles. The molecule has 0 unspecified atom stereocenters. The van der Waals surface area contributed by atoms with E-state index in [1.165, 1.54) is 58.6 Å². The number of anilines is 2. The fraction of sp³-hybridized carbons (Fsp3) is 0.429. The Kier molecular flexibility index (Phi) is 5.39. The summed E-state index contributed by atoms with van der Waals surface area (Å²) in [4.78, 5) is 0. The zero-order chi connectivity index (χ0) is 22.4. The maximum Gasteiger partial charge on any atom is 0.0501 e. The van der Waals surface area contributed by atoms with Gasteiger partial charge in [-0.3, -0.25) is 0 Å². The van der Waals surface area contributed by atoms with Crippen LogP contribution in [-0.4, -0.2) is 35.3 Å². The smallest absolute Gasteiger partial charge is 0.0501 e. The van der Waals surface area contributed by atoms with Crippen LogP contribution in [0, 0.1) is 0 Å². The minimum absolute atomic E-state index is 0.651. The molecule has 2 fully saturated rings. The highest BCUT2D eigenvalue weighted by molar-refractivity contribution is 5.90. The zero-order valence-corrected chi connectivity index (χ0v) is 19.8. The number of hydrogen-bond acceptors (Lipinski definition) is 3. The van der Waals surface area contributed by atoms with E-state index >= 15 is 0 Å². The van der Waals surface area contributed by atoms with Gasteiger partial charge in [-0.25, -0.2) is 0 Å². The van der Waals surface area contributed by atoms with Crippen molar-refractivity contribution in [2.45, 2.75) is 37.5 Å². The van der Waals surface area contributed by atoms with Gasteiger partial charge < -0.3 is 25.1 Å². The lowest BCUT2D eigenvalue weighted by Gasteiger charge is -2.22. The minimum Gasteiger partial charge on any atom is -0.355 e. The van der Waals surface area contributed by atoms with Gasteiger partial charge >= 0.3 is 0 Å². The molecular weight excluding hydrogens is 406 g/mol. The van der Waals surface area contributed by atoms with Gasteiger partial charge in [-0.15, -0.1) is 0 Å². The quantitative estimate of drug-likeness (QED) is 0.400. The van der Waals surface area contributed by atoms with Gasteiger partial charge in [0.1, 0.15) is 0 Å². The number of piperidine rings is 2. The topological polar surface area (TPSA) is 46.0 Å². The van der Waals surface area contributed by atoms with Crippen molar-refractivity contribution in [1.82, 2.24) is 19.8 Å². The molecule has 2 saturated heterocycles. The van der Waals surface area contributed by atoms with Crippen LogP contribution in [0.3, 0.4) is 0 Å². The molecule has 5 heteroatoms. The third-order valence-corrected chi connectivity index (χ3v) is 7.89. The van der Waals surface area contributed by atoms with Crippen LogP contribution in [0.5, 0.6) is 0 Å². The number of aryl methyl sites for hydroxylation is 2. The standard InChI is InChI=1S/C28H35N5/c1-32-18-26(20-9-13-30-14-10-20)24-15-21(4-6-27(24)32)31-22-3-5-23-25(17-33(2)28(23)16-22)19-7-11-29-12-8-19/h3-6,15-20,29-31H,7-14H2,1-2H3. The molecule has 2 aromatic heterocycles. The van der Waals surface area contributed by atoms with Crippen LogP contribution < -0.4 is 16.0 Å². The number of hydrogen-bond donors (Lipinski definition) is 3. The second kappa shape index (κ2) is 8.54. The average Bonchev–Trinajstić information content (AvgIpc) is 3.36. The van der Waals surface area contributed by atoms with Gasteiger partial charge in [0.15, 0.2) is 0 Å². The third kappa shape index (κ3) is 3.83. The first-order valence-corrected chi connectivity index (χ1v) is 12.5. The van der Waals surface area contributed by atoms with Crippen LogP contribution in [0.4, 0.5) is 11.4 Å². The lowest BCUT2D eigenvalue weighted by atomic mass is 9.90. The second-order valence-corrected chi connectivity index (χ2v) is 10.0. The Morgan fingerprint density at radius 3 is 1.88 bits per heavy atom. The molecule has 2 aromatic carbocycles. The normalized spacial score (nSPS) is 18.4. The molecule has 2 aliphatic rings. The van der Waals surface area contributed by atoms with Gasteiger partial charge in [-0.2, -0.15) is 0 Å². The number of benzene rings is 2. The molecule has 0 aliphatic carbocycles. The summed E-state index contributed by atoms with van der Waals surface area (Å²) in [5.41, 5.74) is 7.96. The number of nitrogens with one attached hydrogen (secondary N) is 3. The van der Waals surface area contributed by atoms with Crippen molar-refractivity contribution >= 4 is 33.2 Å². The highest BCUT2D eigenvalue weighted by Gasteiger charge is 2.21. The van der Waals surface area contributed by atoms with Crippen LogP contribution in [0.25, 0.3) is 21.8 Å². The molecule has 4 aromatic rings. The summed E-state index contributed by atoms with van der Waals surface area (Å²) in [5.74, 6) is 1.32. The van der Waals surface area contributed by atoms with E-state index in [2.05, 4.69) is 88.0 Å². The first-order chi connectivity index (χ1) is 16.2. The Hall–Kier alpha value is -2.76. The van der Waals surface area contributed by atoms with Crippen molar-refractivity contribution in [2.75, 3.05) is 31.5 Å². The molecule has 0 amide bonds. The van der Waals surface area contributed by atoms with E-state index in [9.17, 15) is 0 Å². The largest absolute Gasteiger partial charge is 0.355 e. The van der Waals surface area contributed by atoms with Crippen LogP contribution >= 0.6 is 0 Å². The zero-order valence-electron chi connectivity index (χ0n) is 19.8. The molecule has 5 nitrogen and oxygen atoms in total. The molecule has 4 heterocycles. The van der Waals surface area contributed by atoms with E-state index in [1.54, 1.807) is 0 Å². The Bertz CT molecular complexity index is 1280. The molecule has 6 rings (SSSR count). The highest BCUT2D eigenvalue weighted by atomic mass is 14.9. The SMILES string of the molecule is Cn1cc(C2CCNCC2)c2cc(Nc3ccc4c(C5CCNCC5)cn(C)c4c3)ccc21. The van der Waals surface area contributed by atoms with E-state index in [-0.39, 0.29) is 0 Å². The maximum absolute atomic E-state index is 3.70. The van der Waals surface area contributed by atoms with Crippen LogP contribution in [0.2, 0.25) is 0 Å². The monoisotopic (exact) mass is 441 g/mol. The van der Waals surface area contributed by atoms with Gasteiger partial charge in [0, 0.05) is 54.2 Å². The number of nitrogens with zero attached hydrogens (tertiary/aromatic N) is 2. The van der Waals surface area contributed by atoms with Gasteiger partial charge in [-0.1, -0.05) is 6.07 Å². The van der Waals surface area contributed by atoms with E-state index < -0.39 is 0 Å². The van der Waals surface area contributed by atoms with Crippen LogP contribution in [0.1, 0.15) is 48.6 Å². The summed E-state index contributed by atoms with van der Waals surface area (Å²) >= 11 is 0. The molecule has 2 aliphatic heterocycles. The van der Waals surface area contributed by atoms with Crippen molar-refractivity contribution in [2.24, 2.45) is 14.1 Å². The number of aromatic nitrogens is 2. The Balaban J connectivity index is 1.31. The number of rotatable bonds is 4. The predicted octanol–water partition coefficient (Wildman–Crippen LogP) is 5.35. The van der Waals surface area contributed by atoms with Gasteiger partial charge in [0.25, 0.3) is 0 Å². The van der Waals surface area contributed by atoms with Crippen molar-refractivity contribution in [3.05, 3.63) is 59.9 Å². The number of fused-ring (bicyclic) bond motifs is 2. The van der Waals surface area contributed by atoms with E-state index in [0.29, 0.717) is 11.8 Å². The Labute approximate surface area is 196 Å². The maximum atomic E-state index is 3.70. The summed E-state index contributed by atoms with van der Waals surface area (Å²) < 4.78 is 4.59. The fourth-order valence-electron chi connectivity index (χ4n) is 6.08. The summed E-state index contributed by atoms with van der Waals surface area (Å²) in [5, 5.41) is 13.5. The van der Waals surface area contributed by atoms with Crippen molar-refractivity contribution in [1.29, 1.82) is 0 Å². The molecule has 3 N–H and O–H groups in total. The van der Waals surface area contributed by atoms with Crippen molar-refractivity contribution in [3.8, 4) is 0 Å². The van der Waals surface area contributed by atoms with Crippen LogP contribution in [-0.2, 0) is 14.1 Å². The first kappa shape index (κ1) is 20.8. The molecule has 0 bridgehead atoms. The summed E-state index contributed by atoms with van der Waals surface area (Å²) in [7, 11) is 4.35. The average molecular weight is 442 g/mol. The summed E-state index contributed by atoms with van der Waals surface area (Å²) in [6, 6.07) is 13.7. The first-order valence-electron chi connectivity index (χ1n) is 12.5. The molecule has 0 radical (unpaired) electrons.